The number of nitro benzene ring substituents is 1. The Balaban J connectivity index is 1.75. The van der Waals surface area contributed by atoms with Gasteiger partial charge in [0.1, 0.15) is 18.0 Å². The highest BCUT2D eigenvalue weighted by molar-refractivity contribution is 5.89. The molecular weight excluding hydrogens is 348 g/mol. The molecule has 7 nitrogen and oxygen atoms in total. The third kappa shape index (κ3) is 4.82. The first kappa shape index (κ1) is 17.9. The Labute approximate surface area is 155 Å². The van der Waals surface area contributed by atoms with Crippen LogP contribution in [0.2, 0.25) is 0 Å². The molecule has 0 aliphatic carbocycles. The van der Waals surface area contributed by atoms with Gasteiger partial charge in [-0.05, 0) is 29.8 Å². The van der Waals surface area contributed by atoms with Gasteiger partial charge in [-0.1, -0.05) is 54.6 Å². The minimum absolute atomic E-state index is 0.00788. The van der Waals surface area contributed by atoms with Crippen molar-refractivity contribution in [2.75, 3.05) is 5.32 Å². The Morgan fingerprint density at radius 1 is 0.926 bits per heavy atom. The van der Waals surface area contributed by atoms with Crippen LogP contribution in [0.1, 0.15) is 5.56 Å². The van der Waals surface area contributed by atoms with Crippen LogP contribution in [0.3, 0.4) is 0 Å². The molecule has 0 saturated carbocycles. The summed E-state index contributed by atoms with van der Waals surface area (Å²) in [6.45, 7) is 0.0562. The maximum absolute atomic E-state index is 12.0. The van der Waals surface area contributed by atoms with Crippen molar-refractivity contribution in [3.8, 4) is 11.5 Å². The molecule has 0 radical (unpaired) electrons. The van der Waals surface area contributed by atoms with Gasteiger partial charge in [0.05, 0.1) is 4.92 Å². The highest BCUT2D eigenvalue weighted by Gasteiger charge is 2.23. The van der Waals surface area contributed by atoms with Crippen LogP contribution in [0.15, 0.2) is 78.9 Å². The van der Waals surface area contributed by atoms with Crippen molar-refractivity contribution in [1.82, 2.24) is 0 Å². The Morgan fingerprint density at radius 3 is 2.26 bits per heavy atom. The summed E-state index contributed by atoms with van der Waals surface area (Å²) in [5, 5.41) is 13.9. The number of para-hydroxylation sites is 2. The van der Waals surface area contributed by atoms with Crippen LogP contribution in [0.4, 0.5) is 16.2 Å². The lowest BCUT2D eigenvalue weighted by Crippen LogP contribution is -2.14. The molecule has 1 N–H and O–H groups in total. The number of amides is 1. The zero-order chi connectivity index (χ0) is 19.1. The molecule has 1 amide bonds. The number of benzene rings is 3. The van der Waals surface area contributed by atoms with Crippen molar-refractivity contribution in [2.45, 2.75) is 6.61 Å². The molecule has 0 aliphatic rings. The van der Waals surface area contributed by atoms with Crippen molar-refractivity contribution in [3.05, 3.63) is 94.5 Å². The molecule has 3 aromatic rings. The Kier molecular flexibility index (Phi) is 5.64. The average molecular weight is 364 g/mol. The highest BCUT2D eigenvalue weighted by Crippen LogP contribution is 2.37. The number of nitrogens with one attached hydrogen (secondary N) is 1. The van der Waals surface area contributed by atoms with Crippen LogP contribution in [0, 0.1) is 10.1 Å². The van der Waals surface area contributed by atoms with Gasteiger partial charge in [-0.15, -0.1) is 0 Å². The molecule has 0 fully saturated rings. The molecule has 0 bridgehead atoms. The Hall–Kier alpha value is -3.87. The first-order chi connectivity index (χ1) is 13.1. The fraction of sp³-hybridized carbons (Fsp3) is 0.0500. The third-order valence-electron chi connectivity index (χ3n) is 3.60. The average Bonchev–Trinajstić information content (AvgIpc) is 2.68. The number of hydrogen-bond donors (Lipinski definition) is 1. The fourth-order valence-corrected chi connectivity index (χ4v) is 2.38. The number of ether oxygens (including phenoxy) is 2. The zero-order valence-corrected chi connectivity index (χ0v) is 14.2. The lowest BCUT2D eigenvalue weighted by atomic mass is 10.2. The molecular formula is C20H16N2O5. The van der Waals surface area contributed by atoms with E-state index in [9.17, 15) is 14.9 Å². The van der Waals surface area contributed by atoms with Gasteiger partial charge in [-0.25, -0.2) is 4.79 Å². The molecule has 3 aromatic carbocycles. The molecule has 7 heteroatoms. The first-order valence-electron chi connectivity index (χ1n) is 8.11. The van der Waals surface area contributed by atoms with Crippen molar-refractivity contribution in [3.63, 3.8) is 0 Å². The van der Waals surface area contributed by atoms with E-state index in [1.807, 2.05) is 36.4 Å². The van der Waals surface area contributed by atoms with E-state index in [0.717, 1.165) is 5.56 Å². The quantitative estimate of drug-likeness (QED) is 0.483. The lowest BCUT2D eigenvalue weighted by molar-refractivity contribution is -0.384. The smallest absolute Gasteiger partial charge is 0.412 e. The van der Waals surface area contributed by atoms with Gasteiger partial charge in [-0.3, -0.25) is 15.4 Å². The summed E-state index contributed by atoms with van der Waals surface area (Å²) in [5.41, 5.74) is 0.452. The molecule has 27 heavy (non-hydrogen) atoms. The number of rotatable bonds is 6. The second kappa shape index (κ2) is 8.48. The summed E-state index contributed by atoms with van der Waals surface area (Å²) >= 11 is 0. The monoisotopic (exact) mass is 364 g/mol. The lowest BCUT2D eigenvalue weighted by Gasteiger charge is -2.11. The second-order valence-electron chi connectivity index (χ2n) is 5.51. The predicted molar refractivity (Wildman–Crippen MR) is 99.9 cm³/mol. The van der Waals surface area contributed by atoms with E-state index in [1.54, 1.807) is 30.3 Å². The number of carbonyl (C=O) groups is 1. The van der Waals surface area contributed by atoms with Crippen LogP contribution >= 0.6 is 0 Å². The van der Waals surface area contributed by atoms with Gasteiger partial charge in [0.15, 0.2) is 0 Å². The van der Waals surface area contributed by atoms with Gasteiger partial charge in [0.2, 0.25) is 5.75 Å². The normalized spacial score (nSPS) is 10.1. The van der Waals surface area contributed by atoms with Crippen LogP contribution < -0.4 is 10.1 Å². The molecule has 0 aromatic heterocycles. The summed E-state index contributed by atoms with van der Waals surface area (Å²) in [6, 6.07) is 22.2. The van der Waals surface area contributed by atoms with Crippen LogP contribution in [0.5, 0.6) is 11.5 Å². The molecule has 0 atom stereocenters. The summed E-state index contributed by atoms with van der Waals surface area (Å²) < 4.78 is 10.7. The largest absolute Gasteiger partial charge is 0.450 e. The number of anilines is 1. The SMILES string of the molecule is O=C(Nc1cccc(Oc2ccccc2)c1[N+](=O)[O-])OCc1ccccc1. The zero-order valence-electron chi connectivity index (χ0n) is 14.2. The Bertz CT molecular complexity index is 930. The van der Waals surface area contributed by atoms with E-state index in [2.05, 4.69) is 5.32 Å². The minimum Gasteiger partial charge on any atom is -0.450 e. The van der Waals surface area contributed by atoms with E-state index < -0.39 is 11.0 Å². The molecule has 0 spiro atoms. The molecule has 0 unspecified atom stereocenters. The minimum atomic E-state index is -0.793. The van der Waals surface area contributed by atoms with E-state index in [0.29, 0.717) is 5.75 Å². The van der Waals surface area contributed by atoms with Crippen molar-refractivity contribution in [1.29, 1.82) is 0 Å². The summed E-state index contributed by atoms with van der Waals surface area (Å²) in [6.07, 6.45) is -0.793. The third-order valence-corrected chi connectivity index (χ3v) is 3.60. The summed E-state index contributed by atoms with van der Waals surface area (Å²) in [7, 11) is 0. The molecule has 0 heterocycles. The number of carbonyl (C=O) groups excluding carboxylic acids is 1. The number of nitro groups is 1. The molecule has 3 rings (SSSR count). The standard InChI is InChI=1S/C20H16N2O5/c23-20(26-14-15-8-3-1-4-9-15)21-17-12-7-13-18(19(17)22(24)25)27-16-10-5-2-6-11-16/h1-13H,14H2,(H,21,23). The molecule has 0 aliphatic heterocycles. The number of nitrogens with zero attached hydrogens (tertiary/aromatic N) is 1. The van der Waals surface area contributed by atoms with E-state index >= 15 is 0 Å². The maximum Gasteiger partial charge on any atom is 0.412 e. The second-order valence-corrected chi connectivity index (χ2v) is 5.51. The van der Waals surface area contributed by atoms with Crippen LogP contribution in [-0.4, -0.2) is 11.0 Å². The van der Waals surface area contributed by atoms with Gasteiger partial charge in [0.25, 0.3) is 0 Å². The van der Waals surface area contributed by atoms with Gasteiger partial charge >= 0.3 is 11.8 Å². The fourth-order valence-electron chi connectivity index (χ4n) is 2.38. The first-order valence-corrected chi connectivity index (χ1v) is 8.11. The topological polar surface area (TPSA) is 90.7 Å². The van der Waals surface area contributed by atoms with E-state index in [1.165, 1.54) is 12.1 Å². The van der Waals surface area contributed by atoms with E-state index in [4.69, 9.17) is 9.47 Å². The predicted octanol–water partition coefficient (Wildman–Crippen LogP) is 5.14. The van der Waals surface area contributed by atoms with Crippen molar-refractivity contribution >= 4 is 17.5 Å². The van der Waals surface area contributed by atoms with Crippen LogP contribution in [-0.2, 0) is 11.3 Å². The molecule has 136 valence electrons. The molecule has 0 saturated heterocycles. The Morgan fingerprint density at radius 2 is 1.59 bits per heavy atom. The summed E-state index contributed by atoms with van der Waals surface area (Å²) in [5.74, 6) is 0.469. The van der Waals surface area contributed by atoms with Crippen LogP contribution in [0.25, 0.3) is 0 Å². The number of hydrogen-bond acceptors (Lipinski definition) is 5. The van der Waals surface area contributed by atoms with Gasteiger partial charge in [-0.2, -0.15) is 0 Å². The van der Waals surface area contributed by atoms with Gasteiger partial charge < -0.3 is 9.47 Å². The summed E-state index contributed by atoms with van der Waals surface area (Å²) in [4.78, 5) is 23.0. The highest BCUT2D eigenvalue weighted by atomic mass is 16.6. The van der Waals surface area contributed by atoms with Crippen molar-refractivity contribution in [2.24, 2.45) is 0 Å². The van der Waals surface area contributed by atoms with Gasteiger partial charge in [0, 0.05) is 0 Å². The van der Waals surface area contributed by atoms with E-state index in [-0.39, 0.29) is 23.7 Å². The van der Waals surface area contributed by atoms with Crippen molar-refractivity contribution < 1.29 is 19.2 Å². The maximum atomic E-state index is 12.0.